The van der Waals surface area contributed by atoms with Gasteiger partial charge in [-0.3, -0.25) is 4.79 Å². The number of hydrogen-bond donors (Lipinski definition) is 1. The molecule has 7 heteroatoms. The predicted octanol–water partition coefficient (Wildman–Crippen LogP) is 1.85. The molecule has 0 heterocycles. The number of carbonyl (C=O) groups excluding carboxylic acids is 2. The third-order valence-corrected chi connectivity index (χ3v) is 4.43. The number of halogens is 1. The molecule has 0 spiro atoms. The molecule has 1 N–H and O–H groups in total. The molecule has 1 saturated carbocycles. The second kappa shape index (κ2) is 7.55. The summed E-state index contributed by atoms with van der Waals surface area (Å²) in [5.41, 5.74) is 0.390. The second-order valence-electron chi connectivity index (χ2n) is 5.49. The van der Waals surface area contributed by atoms with Crippen LogP contribution >= 0.6 is 11.6 Å². The molecule has 0 aliphatic heterocycles. The molecule has 1 aliphatic rings. The number of nitrogens with one attached hydrogen (secondary N) is 1. The lowest BCUT2D eigenvalue weighted by Crippen LogP contribution is -2.42. The minimum Gasteiger partial charge on any atom is -0.550 e. The number of amides is 1. The quantitative estimate of drug-likeness (QED) is 0.883. The standard InChI is InChI=1S/C16H20ClNO5/c1-22-13-8-12(14(23-2)7-11(13)17)18-15(19)9-5-3-4-6-10(9)16(20)21/h7-10H,3-6H2,1-2H3,(H,18,19)(H,20,21)/p-1/t9-,10+/m0/s1. The van der Waals surface area contributed by atoms with Crippen LogP contribution in [0.4, 0.5) is 5.69 Å². The third-order valence-electron chi connectivity index (χ3n) is 4.14. The molecule has 1 aromatic rings. The third kappa shape index (κ3) is 3.88. The van der Waals surface area contributed by atoms with Crippen molar-refractivity contribution in [3.05, 3.63) is 17.2 Å². The van der Waals surface area contributed by atoms with E-state index >= 15 is 0 Å². The highest BCUT2D eigenvalue weighted by Gasteiger charge is 2.32. The smallest absolute Gasteiger partial charge is 0.228 e. The van der Waals surface area contributed by atoms with E-state index in [1.807, 2.05) is 0 Å². The highest BCUT2D eigenvalue weighted by atomic mass is 35.5. The van der Waals surface area contributed by atoms with E-state index in [0.29, 0.717) is 35.1 Å². The molecule has 0 aromatic heterocycles. The van der Waals surface area contributed by atoms with Gasteiger partial charge in [-0.25, -0.2) is 0 Å². The number of rotatable bonds is 5. The summed E-state index contributed by atoms with van der Waals surface area (Å²) < 4.78 is 10.3. The van der Waals surface area contributed by atoms with Crippen molar-refractivity contribution in [1.82, 2.24) is 0 Å². The van der Waals surface area contributed by atoms with Gasteiger partial charge in [-0.15, -0.1) is 0 Å². The highest BCUT2D eigenvalue weighted by Crippen LogP contribution is 2.37. The average Bonchev–Trinajstić information content (AvgIpc) is 2.55. The van der Waals surface area contributed by atoms with E-state index in [9.17, 15) is 14.7 Å². The van der Waals surface area contributed by atoms with Crippen LogP contribution in [0.15, 0.2) is 12.1 Å². The number of hydrogen-bond acceptors (Lipinski definition) is 5. The Morgan fingerprint density at radius 3 is 2.30 bits per heavy atom. The Morgan fingerprint density at radius 2 is 1.74 bits per heavy atom. The largest absolute Gasteiger partial charge is 0.550 e. The Bertz CT molecular complexity index is 604. The fourth-order valence-corrected chi connectivity index (χ4v) is 3.14. The molecule has 0 radical (unpaired) electrons. The summed E-state index contributed by atoms with van der Waals surface area (Å²) in [4.78, 5) is 23.7. The Hall–Kier alpha value is -1.95. The van der Waals surface area contributed by atoms with Crippen molar-refractivity contribution < 1.29 is 24.2 Å². The lowest BCUT2D eigenvalue weighted by molar-refractivity contribution is -0.313. The first-order chi connectivity index (χ1) is 11.0. The van der Waals surface area contributed by atoms with Crippen LogP contribution in [0.5, 0.6) is 11.5 Å². The van der Waals surface area contributed by atoms with E-state index in [-0.39, 0.29) is 5.91 Å². The minimum atomic E-state index is -1.18. The topological polar surface area (TPSA) is 87.7 Å². The van der Waals surface area contributed by atoms with Crippen LogP contribution in [0.1, 0.15) is 25.7 Å². The monoisotopic (exact) mass is 340 g/mol. The van der Waals surface area contributed by atoms with E-state index in [2.05, 4.69) is 5.32 Å². The van der Waals surface area contributed by atoms with Gasteiger partial charge in [-0.2, -0.15) is 0 Å². The number of anilines is 1. The summed E-state index contributed by atoms with van der Waals surface area (Å²) in [7, 11) is 2.92. The number of aliphatic carboxylic acids is 1. The van der Waals surface area contributed by atoms with E-state index in [1.165, 1.54) is 20.3 Å². The van der Waals surface area contributed by atoms with Crippen molar-refractivity contribution in [3.8, 4) is 11.5 Å². The number of methoxy groups -OCH3 is 2. The Morgan fingerprint density at radius 1 is 1.13 bits per heavy atom. The van der Waals surface area contributed by atoms with Gasteiger partial charge < -0.3 is 24.7 Å². The Kier molecular flexibility index (Phi) is 5.71. The zero-order valence-corrected chi connectivity index (χ0v) is 13.8. The van der Waals surface area contributed by atoms with Crippen LogP contribution < -0.4 is 19.9 Å². The van der Waals surface area contributed by atoms with E-state index in [0.717, 1.165) is 12.8 Å². The first-order valence-corrected chi connectivity index (χ1v) is 7.79. The molecule has 0 unspecified atom stereocenters. The SMILES string of the molecule is COc1cc(NC(=O)[C@H]2CCCC[C@H]2C(=O)[O-])c(OC)cc1Cl. The van der Waals surface area contributed by atoms with Gasteiger partial charge in [-0.05, 0) is 12.8 Å². The van der Waals surface area contributed by atoms with E-state index in [4.69, 9.17) is 21.1 Å². The minimum absolute atomic E-state index is 0.354. The number of carboxylic acids is 1. The van der Waals surface area contributed by atoms with Gasteiger partial charge in [0.2, 0.25) is 5.91 Å². The maximum absolute atomic E-state index is 12.5. The summed E-state index contributed by atoms with van der Waals surface area (Å²) >= 11 is 6.03. The first-order valence-electron chi connectivity index (χ1n) is 7.41. The molecule has 1 aromatic carbocycles. The van der Waals surface area contributed by atoms with Gasteiger partial charge in [0.15, 0.2) is 0 Å². The number of benzene rings is 1. The van der Waals surface area contributed by atoms with Gasteiger partial charge >= 0.3 is 0 Å². The molecule has 126 valence electrons. The molecule has 0 saturated heterocycles. The molecule has 1 fully saturated rings. The zero-order valence-electron chi connectivity index (χ0n) is 13.1. The second-order valence-corrected chi connectivity index (χ2v) is 5.90. The lowest BCUT2D eigenvalue weighted by atomic mass is 9.78. The number of ether oxygens (including phenoxy) is 2. The summed E-state index contributed by atoms with van der Waals surface area (Å²) in [6.07, 6.45) is 2.60. The number of carboxylic acid groups (broad SMARTS) is 1. The highest BCUT2D eigenvalue weighted by molar-refractivity contribution is 6.32. The summed E-state index contributed by atoms with van der Waals surface area (Å²) in [6.45, 7) is 0. The van der Waals surface area contributed by atoms with Crippen LogP contribution in [0.25, 0.3) is 0 Å². The zero-order chi connectivity index (χ0) is 17.0. The molecule has 2 atom stereocenters. The van der Waals surface area contributed by atoms with Crippen LogP contribution in [0.3, 0.4) is 0 Å². The van der Waals surface area contributed by atoms with Gasteiger partial charge in [0.05, 0.1) is 24.9 Å². The molecule has 1 aliphatic carbocycles. The van der Waals surface area contributed by atoms with Crippen LogP contribution in [0.2, 0.25) is 5.02 Å². The molecule has 0 bridgehead atoms. The van der Waals surface area contributed by atoms with Crippen LogP contribution in [-0.2, 0) is 9.59 Å². The molecule has 23 heavy (non-hydrogen) atoms. The van der Waals surface area contributed by atoms with Crippen molar-refractivity contribution in [2.45, 2.75) is 25.7 Å². The molecule has 1 amide bonds. The molecule has 6 nitrogen and oxygen atoms in total. The van der Waals surface area contributed by atoms with E-state index < -0.39 is 17.8 Å². The maximum atomic E-state index is 12.5. The van der Waals surface area contributed by atoms with Crippen LogP contribution in [0, 0.1) is 11.8 Å². The first kappa shape index (κ1) is 17.4. The predicted molar refractivity (Wildman–Crippen MR) is 83.6 cm³/mol. The van der Waals surface area contributed by atoms with E-state index in [1.54, 1.807) is 6.07 Å². The van der Waals surface area contributed by atoms with Crippen molar-refractivity contribution in [2.75, 3.05) is 19.5 Å². The van der Waals surface area contributed by atoms with Gasteiger partial charge in [0.25, 0.3) is 0 Å². The summed E-state index contributed by atoms with van der Waals surface area (Å²) in [6, 6.07) is 3.09. The summed E-state index contributed by atoms with van der Waals surface area (Å²) in [5, 5.41) is 14.3. The van der Waals surface area contributed by atoms with Crippen molar-refractivity contribution >= 4 is 29.2 Å². The van der Waals surface area contributed by atoms with Gasteiger partial charge in [0, 0.05) is 29.9 Å². The lowest BCUT2D eigenvalue weighted by Gasteiger charge is -2.31. The van der Waals surface area contributed by atoms with Gasteiger partial charge in [-0.1, -0.05) is 24.4 Å². The van der Waals surface area contributed by atoms with Crippen molar-refractivity contribution in [2.24, 2.45) is 11.8 Å². The maximum Gasteiger partial charge on any atom is 0.228 e. The normalized spacial score (nSPS) is 20.7. The fourth-order valence-electron chi connectivity index (χ4n) is 2.91. The molecule has 2 rings (SSSR count). The molecular weight excluding hydrogens is 322 g/mol. The fraction of sp³-hybridized carbons (Fsp3) is 0.500. The Labute approximate surface area is 139 Å². The van der Waals surface area contributed by atoms with Crippen LogP contribution in [-0.4, -0.2) is 26.1 Å². The van der Waals surface area contributed by atoms with Crippen molar-refractivity contribution in [1.29, 1.82) is 0 Å². The summed E-state index contributed by atoms with van der Waals surface area (Å²) in [5.74, 6) is -2.14. The molecular formula is C16H19ClNO5-. The average molecular weight is 341 g/mol. The van der Waals surface area contributed by atoms with Crippen molar-refractivity contribution in [3.63, 3.8) is 0 Å². The Balaban J connectivity index is 2.23. The van der Waals surface area contributed by atoms with Gasteiger partial charge in [0.1, 0.15) is 11.5 Å². The number of carbonyl (C=O) groups is 2.